The molecule has 1 aromatic carbocycles. The van der Waals surface area contributed by atoms with Gasteiger partial charge in [-0.25, -0.2) is 0 Å². The highest BCUT2D eigenvalue weighted by atomic mass is 16.1. The van der Waals surface area contributed by atoms with E-state index in [1.54, 1.807) is 24.3 Å². The van der Waals surface area contributed by atoms with Crippen LogP contribution in [0.5, 0.6) is 0 Å². The maximum Gasteiger partial charge on any atom is 0.229 e. The number of hydrogen-bond donors (Lipinski definition) is 1. The van der Waals surface area contributed by atoms with E-state index in [1.807, 2.05) is 6.92 Å². The molecule has 0 aliphatic carbocycles. The molecule has 0 radical (unpaired) electrons. The number of amides is 1. The summed E-state index contributed by atoms with van der Waals surface area (Å²) in [7, 11) is 0. The fraction of sp³-hybridized carbons (Fsp3) is 0.231. The summed E-state index contributed by atoms with van der Waals surface area (Å²) in [6.45, 7) is 1.81. The van der Waals surface area contributed by atoms with Gasteiger partial charge in [0.1, 0.15) is 0 Å². The molecule has 82 valence electrons. The Kier molecular flexibility index (Phi) is 4.28. The number of ketones is 1. The Bertz CT molecular complexity index is 466. The Morgan fingerprint density at radius 2 is 2.12 bits per heavy atom. The number of benzene rings is 1. The predicted octanol–water partition coefficient (Wildman–Crippen LogP) is 1.51. The Labute approximate surface area is 94.6 Å². The highest BCUT2D eigenvalue weighted by Gasteiger charge is 2.01. The zero-order chi connectivity index (χ0) is 12.0. The van der Waals surface area contributed by atoms with Crippen LogP contribution in [-0.4, -0.2) is 11.7 Å². The van der Waals surface area contributed by atoms with Crippen molar-refractivity contribution in [2.24, 2.45) is 5.73 Å². The van der Waals surface area contributed by atoms with Gasteiger partial charge in [0.25, 0.3) is 0 Å². The van der Waals surface area contributed by atoms with E-state index in [2.05, 4.69) is 11.8 Å². The molecule has 2 N–H and O–H groups in total. The molecule has 0 aliphatic rings. The van der Waals surface area contributed by atoms with Gasteiger partial charge in [0, 0.05) is 17.5 Å². The van der Waals surface area contributed by atoms with Gasteiger partial charge in [0.05, 0.1) is 6.42 Å². The smallest absolute Gasteiger partial charge is 0.229 e. The molecule has 0 saturated carbocycles. The predicted molar refractivity (Wildman–Crippen MR) is 61.8 cm³/mol. The zero-order valence-corrected chi connectivity index (χ0v) is 9.12. The van der Waals surface area contributed by atoms with E-state index in [9.17, 15) is 9.59 Å². The van der Waals surface area contributed by atoms with Crippen molar-refractivity contribution in [1.29, 1.82) is 0 Å². The van der Waals surface area contributed by atoms with E-state index in [1.165, 1.54) is 0 Å². The van der Waals surface area contributed by atoms with Crippen LogP contribution in [0, 0.1) is 11.8 Å². The topological polar surface area (TPSA) is 60.2 Å². The van der Waals surface area contributed by atoms with Crippen molar-refractivity contribution in [1.82, 2.24) is 0 Å². The van der Waals surface area contributed by atoms with Crippen molar-refractivity contribution in [2.45, 2.75) is 19.8 Å². The first-order valence-corrected chi connectivity index (χ1v) is 5.04. The number of rotatable bonds is 3. The molecular formula is C13H13NO2. The van der Waals surface area contributed by atoms with Crippen LogP contribution in [0.2, 0.25) is 0 Å². The molecule has 0 heterocycles. The number of primary amides is 1. The van der Waals surface area contributed by atoms with Gasteiger partial charge in [-0.3, -0.25) is 9.59 Å². The first-order valence-electron chi connectivity index (χ1n) is 5.04. The summed E-state index contributed by atoms with van der Waals surface area (Å²) in [5.74, 6) is 5.07. The average molecular weight is 215 g/mol. The fourth-order valence-electron chi connectivity index (χ4n) is 1.21. The second kappa shape index (κ2) is 5.72. The number of hydrogen-bond acceptors (Lipinski definition) is 2. The molecule has 0 fully saturated rings. The molecular weight excluding hydrogens is 202 g/mol. The molecule has 1 rings (SSSR count). The molecule has 0 aromatic heterocycles. The van der Waals surface area contributed by atoms with E-state index in [0.29, 0.717) is 12.0 Å². The quantitative estimate of drug-likeness (QED) is 0.613. The summed E-state index contributed by atoms with van der Waals surface area (Å²) in [6.07, 6.45) is 0.504. The Morgan fingerprint density at radius 3 is 2.75 bits per heavy atom. The second-order valence-electron chi connectivity index (χ2n) is 3.30. The molecule has 0 bridgehead atoms. The lowest BCUT2D eigenvalue weighted by molar-refractivity contribution is -0.117. The van der Waals surface area contributed by atoms with Crippen LogP contribution in [0.3, 0.4) is 0 Å². The first-order chi connectivity index (χ1) is 7.63. The normalized spacial score (nSPS) is 9.06. The summed E-state index contributed by atoms with van der Waals surface area (Å²) >= 11 is 0. The van der Waals surface area contributed by atoms with Crippen LogP contribution < -0.4 is 5.73 Å². The van der Waals surface area contributed by atoms with Crippen LogP contribution in [-0.2, 0) is 4.79 Å². The summed E-state index contributed by atoms with van der Waals surface area (Å²) in [6, 6.07) is 7.04. The van der Waals surface area contributed by atoms with Crippen LogP contribution in [0.25, 0.3) is 0 Å². The lowest BCUT2D eigenvalue weighted by Crippen LogP contribution is -2.08. The lowest BCUT2D eigenvalue weighted by Gasteiger charge is -1.97. The third-order valence-corrected chi connectivity index (χ3v) is 2.00. The van der Waals surface area contributed by atoms with Gasteiger partial charge in [-0.2, -0.15) is 0 Å². The summed E-state index contributed by atoms with van der Waals surface area (Å²) in [5, 5.41) is 0. The number of Topliss-reactive ketones (excluding diaryl/α,β-unsaturated/α-hetero) is 1. The summed E-state index contributed by atoms with van der Waals surface area (Å²) < 4.78 is 0. The van der Waals surface area contributed by atoms with Gasteiger partial charge >= 0.3 is 0 Å². The van der Waals surface area contributed by atoms with Gasteiger partial charge in [0.2, 0.25) is 5.91 Å². The fourth-order valence-corrected chi connectivity index (χ4v) is 1.21. The van der Waals surface area contributed by atoms with Crippen LogP contribution >= 0.6 is 0 Å². The number of nitrogens with two attached hydrogens (primary N) is 1. The number of carbonyl (C=O) groups excluding carboxylic acids is 2. The SMILES string of the molecule is CCC(=O)c1cccc(C#CCC(N)=O)c1. The Morgan fingerprint density at radius 1 is 1.38 bits per heavy atom. The van der Waals surface area contributed by atoms with Gasteiger partial charge < -0.3 is 5.73 Å². The number of carbonyl (C=O) groups is 2. The maximum absolute atomic E-state index is 11.4. The van der Waals surface area contributed by atoms with Crippen molar-refractivity contribution >= 4 is 11.7 Å². The van der Waals surface area contributed by atoms with Crippen LogP contribution in [0.15, 0.2) is 24.3 Å². The molecule has 16 heavy (non-hydrogen) atoms. The average Bonchev–Trinajstić information content (AvgIpc) is 2.28. The van der Waals surface area contributed by atoms with E-state index in [4.69, 9.17) is 5.73 Å². The summed E-state index contributed by atoms with van der Waals surface area (Å²) in [5.41, 5.74) is 6.33. The standard InChI is InChI=1S/C13H13NO2/c1-2-12(15)11-7-3-5-10(9-11)6-4-8-13(14)16/h3,5,7,9H,2,8H2,1H3,(H2,14,16). The van der Waals surface area contributed by atoms with Gasteiger partial charge in [-0.05, 0) is 12.1 Å². The minimum Gasteiger partial charge on any atom is -0.369 e. The van der Waals surface area contributed by atoms with Crippen molar-refractivity contribution in [3.63, 3.8) is 0 Å². The first kappa shape index (κ1) is 12.0. The zero-order valence-electron chi connectivity index (χ0n) is 9.12. The van der Waals surface area contributed by atoms with E-state index >= 15 is 0 Å². The highest BCUT2D eigenvalue weighted by Crippen LogP contribution is 2.06. The highest BCUT2D eigenvalue weighted by molar-refractivity contribution is 5.96. The van der Waals surface area contributed by atoms with Crippen LogP contribution in [0.1, 0.15) is 35.7 Å². The monoisotopic (exact) mass is 215 g/mol. The summed E-state index contributed by atoms with van der Waals surface area (Å²) in [4.78, 5) is 21.9. The van der Waals surface area contributed by atoms with Gasteiger partial charge in [-0.15, -0.1) is 0 Å². The van der Waals surface area contributed by atoms with E-state index in [-0.39, 0.29) is 12.2 Å². The molecule has 3 nitrogen and oxygen atoms in total. The van der Waals surface area contributed by atoms with Crippen LogP contribution in [0.4, 0.5) is 0 Å². The Hall–Kier alpha value is -2.08. The Balaban J connectivity index is 2.85. The van der Waals surface area contributed by atoms with E-state index < -0.39 is 5.91 Å². The lowest BCUT2D eigenvalue weighted by atomic mass is 10.1. The minimum atomic E-state index is -0.451. The molecule has 3 heteroatoms. The molecule has 0 atom stereocenters. The third-order valence-electron chi connectivity index (χ3n) is 2.00. The second-order valence-corrected chi connectivity index (χ2v) is 3.30. The molecule has 0 spiro atoms. The van der Waals surface area contributed by atoms with Crippen molar-refractivity contribution < 1.29 is 9.59 Å². The molecule has 1 amide bonds. The maximum atomic E-state index is 11.4. The largest absolute Gasteiger partial charge is 0.369 e. The van der Waals surface area contributed by atoms with Crippen molar-refractivity contribution in [3.8, 4) is 11.8 Å². The molecule has 1 aromatic rings. The molecule has 0 unspecified atom stereocenters. The van der Waals surface area contributed by atoms with Crippen molar-refractivity contribution in [3.05, 3.63) is 35.4 Å². The van der Waals surface area contributed by atoms with Gasteiger partial charge in [0.15, 0.2) is 5.78 Å². The molecule has 0 saturated heterocycles. The van der Waals surface area contributed by atoms with Gasteiger partial charge in [-0.1, -0.05) is 30.9 Å². The molecule has 0 aliphatic heterocycles. The van der Waals surface area contributed by atoms with E-state index in [0.717, 1.165) is 5.56 Å². The third kappa shape index (κ3) is 3.58. The van der Waals surface area contributed by atoms with Crippen molar-refractivity contribution in [2.75, 3.05) is 0 Å². The minimum absolute atomic E-state index is 0.0337.